The minimum atomic E-state index is 0.0150. The predicted molar refractivity (Wildman–Crippen MR) is 55.2 cm³/mol. The maximum Gasteiger partial charge on any atom is 0.119 e. The van der Waals surface area contributed by atoms with Gasteiger partial charge >= 0.3 is 0 Å². The standard InChI is InChI=1S/C10H14ClNO/c1-7(12)8(2)13-10-5-3-9(11)4-6-10/h3-8H,12H2,1-2H3/t7-,8?/m0/s1. The van der Waals surface area contributed by atoms with Crippen LogP contribution < -0.4 is 10.5 Å². The Bertz CT molecular complexity index is 258. The summed E-state index contributed by atoms with van der Waals surface area (Å²) in [7, 11) is 0. The van der Waals surface area contributed by atoms with Crippen LogP contribution in [0.1, 0.15) is 13.8 Å². The van der Waals surface area contributed by atoms with Crippen LogP contribution in [0.25, 0.3) is 0 Å². The lowest BCUT2D eigenvalue weighted by molar-refractivity contribution is 0.196. The highest BCUT2D eigenvalue weighted by molar-refractivity contribution is 6.30. The molecule has 0 aliphatic rings. The van der Waals surface area contributed by atoms with Crippen molar-refractivity contribution in [2.24, 2.45) is 5.73 Å². The number of halogens is 1. The normalized spacial score (nSPS) is 15.1. The van der Waals surface area contributed by atoms with Gasteiger partial charge in [0.15, 0.2) is 0 Å². The first-order valence-corrected chi connectivity index (χ1v) is 4.65. The molecular formula is C10H14ClNO. The Labute approximate surface area is 83.6 Å². The summed E-state index contributed by atoms with van der Waals surface area (Å²) in [5.41, 5.74) is 5.66. The van der Waals surface area contributed by atoms with Gasteiger partial charge in [0, 0.05) is 11.1 Å². The molecule has 72 valence electrons. The van der Waals surface area contributed by atoms with Gasteiger partial charge in [0.05, 0.1) is 0 Å². The smallest absolute Gasteiger partial charge is 0.119 e. The molecule has 3 heteroatoms. The molecule has 1 aromatic carbocycles. The average molecular weight is 200 g/mol. The molecular weight excluding hydrogens is 186 g/mol. The summed E-state index contributed by atoms with van der Waals surface area (Å²) in [6.07, 6.45) is 0.0150. The topological polar surface area (TPSA) is 35.2 Å². The molecule has 0 aliphatic carbocycles. The van der Waals surface area contributed by atoms with Gasteiger partial charge in [-0.05, 0) is 38.1 Å². The Morgan fingerprint density at radius 3 is 2.23 bits per heavy atom. The van der Waals surface area contributed by atoms with E-state index in [1.807, 2.05) is 26.0 Å². The molecule has 1 rings (SSSR count). The van der Waals surface area contributed by atoms with Gasteiger partial charge in [-0.25, -0.2) is 0 Å². The molecule has 0 aliphatic heterocycles. The third kappa shape index (κ3) is 3.25. The SMILES string of the molecule is CC(Oc1ccc(Cl)cc1)[C@H](C)N. The van der Waals surface area contributed by atoms with E-state index in [1.165, 1.54) is 0 Å². The van der Waals surface area contributed by atoms with Crippen LogP contribution in [0.15, 0.2) is 24.3 Å². The van der Waals surface area contributed by atoms with Crippen LogP contribution in [0, 0.1) is 0 Å². The van der Waals surface area contributed by atoms with Gasteiger partial charge in [0.2, 0.25) is 0 Å². The first-order valence-electron chi connectivity index (χ1n) is 4.27. The largest absolute Gasteiger partial charge is 0.489 e. The summed E-state index contributed by atoms with van der Waals surface area (Å²) in [4.78, 5) is 0. The second-order valence-electron chi connectivity index (χ2n) is 3.14. The van der Waals surface area contributed by atoms with E-state index < -0.39 is 0 Å². The van der Waals surface area contributed by atoms with Crippen LogP contribution in [0.5, 0.6) is 5.75 Å². The number of hydrogen-bond acceptors (Lipinski definition) is 2. The van der Waals surface area contributed by atoms with Crippen LogP contribution in [0.3, 0.4) is 0 Å². The second-order valence-corrected chi connectivity index (χ2v) is 3.57. The fraction of sp³-hybridized carbons (Fsp3) is 0.400. The highest BCUT2D eigenvalue weighted by Gasteiger charge is 2.08. The summed E-state index contributed by atoms with van der Waals surface area (Å²) in [5, 5.41) is 0.709. The van der Waals surface area contributed by atoms with Gasteiger partial charge in [-0.15, -0.1) is 0 Å². The van der Waals surface area contributed by atoms with Gasteiger partial charge in [-0.1, -0.05) is 11.6 Å². The third-order valence-electron chi connectivity index (χ3n) is 1.88. The summed E-state index contributed by atoms with van der Waals surface area (Å²) < 4.78 is 5.55. The lowest BCUT2D eigenvalue weighted by atomic mass is 10.2. The molecule has 0 saturated heterocycles. The van der Waals surface area contributed by atoms with Gasteiger partial charge < -0.3 is 10.5 Å². The van der Waals surface area contributed by atoms with Crippen molar-refractivity contribution in [3.8, 4) is 5.75 Å². The minimum absolute atomic E-state index is 0.0150. The molecule has 2 N–H and O–H groups in total. The Hall–Kier alpha value is -0.730. The molecule has 0 spiro atoms. The Morgan fingerprint density at radius 2 is 1.77 bits per heavy atom. The lowest BCUT2D eigenvalue weighted by Crippen LogP contribution is -2.33. The van der Waals surface area contributed by atoms with Crippen molar-refractivity contribution in [2.45, 2.75) is 26.0 Å². The second kappa shape index (κ2) is 4.49. The van der Waals surface area contributed by atoms with Crippen molar-refractivity contribution in [2.75, 3.05) is 0 Å². The molecule has 0 radical (unpaired) electrons. The van der Waals surface area contributed by atoms with E-state index in [0.717, 1.165) is 5.75 Å². The molecule has 1 aromatic rings. The van der Waals surface area contributed by atoms with Crippen LogP contribution in [-0.2, 0) is 0 Å². The molecule has 2 nitrogen and oxygen atoms in total. The Balaban J connectivity index is 2.59. The quantitative estimate of drug-likeness (QED) is 0.812. The molecule has 0 bridgehead atoms. The van der Waals surface area contributed by atoms with Crippen molar-refractivity contribution in [1.82, 2.24) is 0 Å². The zero-order valence-electron chi connectivity index (χ0n) is 7.83. The van der Waals surface area contributed by atoms with Gasteiger partial charge in [-0.2, -0.15) is 0 Å². The number of hydrogen-bond donors (Lipinski definition) is 1. The minimum Gasteiger partial charge on any atom is -0.489 e. The first-order chi connectivity index (χ1) is 6.09. The van der Waals surface area contributed by atoms with Crippen LogP contribution in [-0.4, -0.2) is 12.1 Å². The van der Waals surface area contributed by atoms with E-state index in [0.29, 0.717) is 5.02 Å². The van der Waals surface area contributed by atoms with E-state index in [2.05, 4.69) is 0 Å². The van der Waals surface area contributed by atoms with E-state index in [-0.39, 0.29) is 12.1 Å². The van der Waals surface area contributed by atoms with Crippen LogP contribution >= 0.6 is 11.6 Å². The zero-order valence-corrected chi connectivity index (χ0v) is 8.58. The van der Waals surface area contributed by atoms with Crippen molar-refractivity contribution in [3.05, 3.63) is 29.3 Å². The van der Waals surface area contributed by atoms with E-state index >= 15 is 0 Å². The van der Waals surface area contributed by atoms with E-state index in [4.69, 9.17) is 22.1 Å². The van der Waals surface area contributed by atoms with Crippen LogP contribution in [0.4, 0.5) is 0 Å². The maximum absolute atomic E-state index is 5.73. The maximum atomic E-state index is 5.73. The van der Waals surface area contributed by atoms with Gasteiger partial charge in [0.25, 0.3) is 0 Å². The van der Waals surface area contributed by atoms with Crippen molar-refractivity contribution in [1.29, 1.82) is 0 Å². The molecule has 2 atom stereocenters. The molecule has 1 unspecified atom stereocenters. The number of rotatable bonds is 3. The number of nitrogens with two attached hydrogens (primary N) is 1. The first kappa shape index (κ1) is 10.4. The molecule has 0 heterocycles. The van der Waals surface area contributed by atoms with Crippen LogP contribution in [0.2, 0.25) is 5.02 Å². The summed E-state index contributed by atoms with van der Waals surface area (Å²) >= 11 is 5.73. The monoisotopic (exact) mass is 199 g/mol. The van der Waals surface area contributed by atoms with Gasteiger partial charge in [0.1, 0.15) is 11.9 Å². The zero-order chi connectivity index (χ0) is 9.84. The van der Waals surface area contributed by atoms with Crippen molar-refractivity contribution >= 4 is 11.6 Å². The van der Waals surface area contributed by atoms with Crippen molar-refractivity contribution in [3.63, 3.8) is 0 Å². The number of benzene rings is 1. The average Bonchev–Trinajstić information content (AvgIpc) is 2.08. The summed E-state index contributed by atoms with van der Waals surface area (Å²) in [6, 6.07) is 7.29. The number of ether oxygens (including phenoxy) is 1. The Morgan fingerprint density at radius 1 is 1.23 bits per heavy atom. The molecule has 13 heavy (non-hydrogen) atoms. The van der Waals surface area contributed by atoms with Crippen molar-refractivity contribution < 1.29 is 4.74 Å². The van der Waals surface area contributed by atoms with Gasteiger partial charge in [-0.3, -0.25) is 0 Å². The highest BCUT2D eigenvalue weighted by atomic mass is 35.5. The lowest BCUT2D eigenvalue weighted by Gasteiger charge is -2.17. The predicted octanol–water partition coefficient (Wildman–Crippen LogP) is 2.45. The molecule has 0 aromatic heterocycles. The highest BCUT2D eigenvalue weighted by Crippen LogP contribution is 2.17. The molecule has 0 fully saturated rings. The molecule has 0 amide bonds. The Kier molecular flexibility index (Phi) is 3.58. The fourth-order valence-corrected chi connectivity index (χ4v) is 0.961. The molecule has 0 saturated carbocycles. The third-order valence-corrected chi connectivity index (χ3v) is 2.13. The van der Waals surface area contributed by atoms with E-state index in [1.54, 1.807) is 12.1 Å². The van der Waals surface area contributed by atoms with E-state index in [9.17, 15) is 0 Å². The summed E-state index contributed by atoms with van der Waals surface area (Å²) in [5.74, 6) is 0.800. The summed E-state index contributed by atoms with van der Waals surface area (Å²) in [6.45, 7) is 3.86. The fourth-order valence-electron chi connectivity index (χ4n) is 0.835.